The molecule has 0 radical (unpaired) electrons. The highest BCUT2D eigenvalue weighted by molar-refractivity contribution is 7.14. The van der Waals surface area contributed by atoms with Gasteiger partial charge in [-0.1, -0.05) is 18.5 Å². The average molecular weight is 254 g/mol. The number of rotatable bonds is 4. The van der Waals surface area contributed by atoms with Crippen LogP contribution in [0.4, 0.5) is 5.82 Å². The molecule has 0 saturated heterocycles. The number of anilines is 1. The number of halogens is 1. The van der Waals surface area contributed by atoms with Crippen LogP contribution in [0.25, 0.3) is 10.6 Å². The third-order valence-corrected chi connectivity index (χ3v) is 3.42. The molecule has 0 aliphatic carbocycles. The van der Waals surface area contributed by atoms with Gasteiger partial charge in [0.1, 0.15) is 5.69 Å². The van der Waals surface area contributed by atoms with Gasteiger partial charge in [-0.3, -0.25) is 0 Å². The summed E-state index contributed by atoms with van der Waals surface area (Å²) in [4.78, 5) is 9.59. The van der Waals surface area contributed by atoms with Gasteiger partial charge in [-0.25, -0.2) is 9.97 Å². The zero-order chi connectivity index (χ0) is 11.4. The summed E-state index contributed by atoms with van der Waals surface area (Å²) >= 11 is 7.67. The minimum atomic E-state index is 0.727. The maximum Gasteiger partial charge on any atom is 0.153 e. The first-order chi connectivity index (χ1) is 7.83. The lowest BCUT2D eigenvalue weighted by Crippen LogP contribution is -2.04. The molecule has 2 rings (SSSR count). The molecular formula is C11H12ClN3S. The van der Waals surface area contributed by atoms with E-state index in [1.165, 1.54) is 0 Å². The molecule has 0 fully saturated rings. The molecular weight excluding hydrogens is 242 g/mol. The highest BCUT2D eigenvalue weighted by Crippen LogP contribution is 2.34. The Labute approximate surface area is 104 Å². The molecule has 0 aliphatic heterocycles. The molecule has 2 aromatic rings. The van der Waals surface area contributed by atoms with E-state index in [4.69, 9.17) is 11.6 Å². The molecule has 0 aliphatic rings. The largest absolute Gasteiger partial charge is 0.368 e. The maximum absolute atomic E-state index is 6.10. The van der Waals surface area contributed by atoms with Crippen LogP contribution in [0.5, 0.6) is 0 Å². The Morgan fingerprint density at radius 1 is 1.38 bits per heavy atom. The summed E-state index contributed by atoms with van der Waals surface area (Å²) in [6.07, 6.45) is 4.42. The zero-order valence-electron chi connectivity index (χ0n) is 8.90. The zero-order valence-corrected chi connectivity index (χ0v) is 10.5. The van der Waals surface area contributed by atoms with Crippen molar-refractivity contribution >= 4 is 28.8 Å². The summed E-state index contributed by atoms with van der Waals surface area (Å²) < 4.78 is 0. The predicted octanol–water partition coefficient (Wildman–Crippen LogP) is 3.68. The molecule has 0 aromatic carbocycles. The van der Waals surface area contributed by atoms with E-state index in [2.05, 4.69) is 22.2 Å². The molecule has 84 valence electrons. The fourth-order valence-electron chi connectivity index (χ4n) is 1.34. The van der Waals surface area contributed by atoms with Crippen LogP contribution in [-0.2, 0) is 0 Å². The normalized spacial score (nSPS) is 10.4. The summed E-state index contributed by atoms with van der Waals surface area (Å²) in [5.74, 6) is 0.800. The Morgan fingerprint density at radius 3 is 2.88 bits per heavy atom. The van der Waals surface area contributed by atoms with E-state index in [-0.39, 0.29) is 0 Å². The predicted molar refractivity (Wildman–Crippen MR) is 69.1 cm³/mol. The van der Waals surface area contributed by atoms with E-state index in [0.717, 1.165) is 34.4 Å². The average Bonchev–Trinajstić information content (AvgIpc) is 2.73. The standard InChI is InChI=1S/C11H12ClN3S/c1-2-4-14-11-9(13-5-6-15-11)10-8(12)3-7-16-10/h3,5-7H,2,4H2,1H3,(H,14,15). The van der Waals surface area contributed by atoms with Gasteiger partial charge in [-0.05, 0) is 17.9 Å². The second-order valence-corrected chi connectivity index (χ2v) is 4.60. The lowest BCUT2D eigenvalue weighted by molar-refractivity contribution is 0.966. The molecule has 1 N–H and O–H groups in total. The highest BCUT2D eigenvalue weighted by Gasteiger charge is 2.11. The van der Waals surface area contributed by atoms with Crippen LogP contribution < -0.4 is 5.32 Å². The second-order valence-electron chi connectivity index (χ2n) is 3.28. The van der Waals surface area contributed by atoms with E-state index in [1.807, 2.05) is 11.4 Å². The lowest BCUT2D eigenvalue weighted by atomic mass is 10.3. The molecule has 2 heterocycles. The first-order valence-electron chi connectivity index (χ1n) is 5.11. The molecule has 2 aromatic heterocycles. The third-order valence-electron chi connectivity index (χ3n) is 2.07. The first-order valence-corrected chi connectivity index (χ1v) is 6.37. The minimum absolute atomic E-state index is 0.727. The first kappa shape index (κ1) is 11.4. The molecule has 0 unspecified atom stereocenters. The molecule has 0 saturated carbocycles. The van der Waals surface area contributed by atoms with Crippen LogP contribution in [0.2, 0.25) is 5.02 Å². The molecule has 0 amide bonds. The van der Waals surface area contributed by atoms with Gasteiger partial charge in [0.25, 0.3) is 0 Å². The second kappa shape index (κ2) is 5.27. The van der Waals surface area contributed by atoms with Gasteiger partial charge < -0.3 is 5.32 Å². The molecule has 0 bridgehead atoms. The van der Waals surface area contributed by atoms with Crippen molar-refractivity contribution in [3.8, 4) is 10.6 Å². The summed E-state index contributed by atoms with van der Waals surface area (Å²) in [6, 6.07) is 1.87. The maximum atomic E-state index is 6.10. The fourth-order valence-corrected chi connectivity index (χ4v) is 2.48. The Morgan fingerprint density at radius 2 is 2.19 bits per heavy atom. The quantitative estimate of drug-likeness (QED) is 0.903. The number of hydrogen-bond acceptors (Lipinski definition) is 4. The fraction of sp³-hybridized carbons (Fsp3) is 0.273. The van der Waals surface area contributed by atoms with Crippen LogP contribution in [0.1, 0.15) is 13.3 Å². The van der Waals surface area contributed by atoms with E-state index in [9.17, 15) is 0 Å². The van der Waals surface area contributed by atoms with E-state index >= 15 is 0 Å². The Balaban J connectivity index is 2.37. The van der Waals surface area contributed by atoms with E-state index < -0.39 is 0 Å². The van der Waals surface area contributed by atoms with Crippen LogP contribution in [0.15, 0.2) is 23.8 Å². The Kier molecular flexibility index (Phi) is 3.74. The summed E-state index contributed by atoms with van der Waals surface area (Å²) in [5.41, 5.74) is 0.830. The number of thiophene rings is 1. The van der Waals surface area contributed by atoms with Gasteiger partial charge >= 0.3 is 0 Å². The van der Waals surface area contributed by atoms with E-state index in [1.54, 1.807) is 23.7 Å². The number of nitrogens with one attached hydrogen (secondary N) is 1. The van der Waals surface area contributed by atoms with Crippen molar-refractivity contribution in [1.82, 2.24) is 9.97 Å². The van der Waals surface area contributed by atoms with Gasteiger partial charge in [0.15, 0.2) is 5.82 Å². The van der Waals surface area contributed by atoms with E-state index in [0.29, 0.717) is 0 Å². The van der Waals surface area contributed by atoms with Crippen molar-refractivity contribution in [2.24, 2.45) is 0 Å². The molecule has 16 heavy (non-hydrogen) atoms. The van der Waals surface area contributed by atoms with Crippen molar-refractivity contribution < 1.29 is 0 Å². The van der Waals surface area contributed by atoms with Gasteiger partial charge in [-0.15, -0.1) is 11.3 Å². The Bertz CT molecular complexity index is 470. The molecule has 0 atom stereocenters. The van der Waals surface area contributed by atoms with Crippen LogP contribution in [-0.4, -0.2) is 16.5 Å². The van der Waals surface area contributed by atoms with Gasteiger partial charge in [0.2, 0.25) is 0 Å². The van der Waals surface area contributed by atoms with Crippen molar-refractivity contribution in [3.63, 3.8) is 0 Å². The molecule has 3 nitrogen and oxygen atoms in total. The van der Waals surface area contributed by atoms with Crippen molar-refractivity contribution in [1.29, 1.82) is 0 Å². The third kappa shape index (κ3) is 2.33. The number of aromatic nitrogens is 2. The van der Waals surface area contributed by atoms with Crippen molar-refractivity contribution in [3.05, 3.63) is 28.9 Å². The SMILES string of the molecule is CCCNc1nccnc1-c1sccc1Cl. The summed E-state index contributed by atoms with van der Waals surface area (Å²) in [5, 5.41) is 5.93. The minimum Gasteiger partial charge on any atom is -0.368 e. The van der Waals surface area contributed by atoms with Crippen LogP contribution >= 0.6 is 22.9 Å². The monoisotopic (exact) mass is 253 g/mol. The number of hydrogen-bond donors (Lipinski definition) is 1. The van der Waals surface area contributed by atoms with Gasteiger partial charge in [0.05, 0.1) is 9.90 Å². The van der Waals surface area contributed by atoms with Crippen LogP contribution in [0.3, 0.4) is 0 Å². The van der Waals surface area contributed by atoms with Crippen molar-refractivity contribution in [2.75, 3.05) is 11.9 Å². The highest BCUT2D eigenvalue weighted by atomic mass is 35.5. The number of nitrogens with zero attached hydrogens (tertiary/aromatic N) is 2. The Hall–Kier alpha value is -1.13. The van der Waals surface area contributed by atoms with Gasteiger partial charge in [0, 0.05) is 18.9 Å². The smallest absolute Gasteiger partial charge is 0.153 e. The summed E-state index contributed by atoms with van der Waals surface area (Å²) in [7, 11) is 0. The van der Waals surface area contributed by atoms with Crippen molar-refractivity contribution in [2.45, 2.75) is 13.3 Å². The lowest BCUT2D eigenvalue weighted by Gasteiger charge is -2.07. The topological polar surface area (TPSA) is 37.8 Å². The molecule has 0 spiro atoms. The van der Waals surface area contributed by atoms with Crippen LogP contribution in [0, 0.1) is 0 Å². The summed E-state index contributed by atoms with van der Waals surface area (Å²) in [6.45, 7) is 3.00. The molecule has 5 heteroatoms. The van der Waals surface area contributed by atoms with Gasteiger partial charge in [-0.2, -0.15) is 0 Å².